The molecular weight excluding hydrogens is 326 g/mol. The molecule has 0 aliphatic carbocycles. The number of likely N-dealkylation sites (N-methyl/N-ethyl adjacent to an activating group) is 1. The molecule has 0 saturated heterocycles. The van der Waals surface area contributed by atoms with Gasteiger partial charge in [0, 0.05) is 45.0 Å². The Morgan fingerprint density at radius 3 is 2.65 bits per heavy atom. The number of aromatic nitrogens is 1. The van der Waals surface area contributed by atoms with E-state index >= 15 is 0 Å². The Balaban J connectivity index is 1.70. The van der Waals surface area contributed by atoms with Crippen molar-refractivity contribution in [3.63, 3.8) is 0 Å². The van der Waals surface area contributed by atoms with Gasteiger partial charge in [0.25, 0.3) is 0 Å². The van der Waals surface area contributed by atoms with E-state index in [4.69, 9.17) is 0 Å². The van der Waals surface area contributed by atoms with Crippen LogP contribution in [0.5, 0.6) is 0 Å². The predicted molar refractivity (Wildman–Crippen MR) is 101 cm³/mol. The maximum atomic E-state index is 12.8. The molecule has 1 unspecified atom stereocenters. The van der Waals surface area contributed by atoms with E-state index < -0.39 is 0 Å². The summed E-state index contributed by atoms with van der Waals surface area (Å²) >= 11 is 0. The summed E-state index contributed by atoms with van der Waals surface area (Å²) in [5.41, 5.74) is 3.03. The number of amides is 2. The number of rotatable bonds is 5. The minimum atomic E-state index is -0.265. The van der Waals surface area contributed by atoms with E-state index in [1.807, 2.05) is 48.5 Å². The van der Waals surface area contributed by atoms with Crippen LogP contribution in [0.25, 0.3) is 6.08 Å². The van der Waals surface area contributed by atoms with Gasteiger partial charge in [-0.05, 0) is 29.3 Å². The minimum Gasteiger partial charge on any atom is -0.345 e. The number of carbonyl (C=O) groups is 2. The second-order valence-electron chi connectivity index (χ2n) is 6.48. The maximum Gasteiger partial charge on any atom is 0.224 e. The first-order valence-corrected chi connectivity index (χ1v) is 8.76. The van der Waals surface area contributed by atoms with Crippen molar-refractivity contribution in [2.45, 2.75) is 25.8 Å². The summed E-state index contributed by atoms with van der Waals surface area (Å²) in [4.78, 5) is 32.4. The molecule has 3 rings (SSSR count). The van der Waals surface area contributed by atoms with Crippen LogP contribution in [0.3, 0.4) is 0 Å². The molecule has 2 aromatic rings. The third kappa shape index (κ3) is 3.99. The van der Waals surface area contributed by atoms with Crippen molar-refractivity contribution in [3.05, 3.63) is 71.7 Å². The number of benzene rings is 1. The Morgan fingerprint density at radius 2 is 1.92 bits per heavy atom. The van der Waals surface area contributed by atoms with Crippen LogP contribution >= 0.6 is 0 Å². The monoisotopic (exact) mass is 349 g/mol. The number of nitrogens with zero attached hydrogens (tertiary/aromatic N) is 3. The lowest BCUT2D eigenvalue weighted by molar-refractivity contribution is -0.133. The van der Waals surface area contributed by atoms with E-state index in [2.05, 4.69) is 4.98 Å². The number of carbonyl (C=O) groups excluding carboxylic acids is 2. The van der Waals surface area contributed by atoms with Crippen LogP contribution in [0.4, 0.5) is 0 Å². The van der Waals surface area contributed by atoms with Crippen LogP contribution in [-0.4, -0.2) is 40.2 Å². The summed E-state index contributed by atoms with van der Waals surface area (Å²) in [6, 6.07) is 13.4. The van der Waals surface area contributed by atoms with Gasteiger partial charge in [-0.25, -0.2) is 0 Å². The van der Waals surface area contributed by atoms with Crippen molar-refractivity contribution in [2.75, 3.05) is 13.6 Å². The Morgan fingerprint density at radius 1 is 1.15 bits per heavy atom. The second-order valence-corrected chi connectivity index (χ2v) is 6.48. The van der Waals surface area contributed by atoms with Crippen LogP contribution < -0.4 is 0 Å². The zero-order valence-electron chi connectivity index (χ0n) is 15.1. The molecule has 0 N–H and O–H groups in total. The zero-order chi connectivity index (χ0) is 18.5. The first-order valence-electron chi connectivity index (χ1n) is 8.76. The number of hydrogen-bond acceptors (Lipinski definition) is 3. The van der Waals surface area contributed by atoms with Gasteiger partial charge in [-0.15, -0.1) is 0 Å². The standard InChI is InChI=1S/C21H23N3O2/c1-16(25)24-14-10-17-7-3-4-9-19(17)20(24)15-21(26)23(2)13-11-18-8-5-6-12-22-18/h3-10,12,14,20H,11,13,15H2,1-2H3. The average molecular weight is 349 g/mol. The lowest BCUT2D eigenvalue weighted by Crippen LogP contribution is -2.36. The normalized spacial score (nSPS) is 15.5. The molecule has 5 nitrogen and oxygen atoms in total. The van der Waals surface area contributed by atoms with Crippen molar-refractivity contribution in [1.29, 1.82) is 0 Å². The molecule has 2 heterocycles. The van der Waals surface area contributed by atoms with Gasteiger partial charge in [0.1, 0.15) is 0 Å². The summed E-state index contributed by atoms with van der Waals surface area (Å²) in [5, 5.41) is 0. The summed E-state index contributed by atoms with van der Waals surface area (Å²) < 4.78 is 0. The Kier molecular flexibility index (Phi) is 5.46. The van der Waals surface area contributed by atoms with Crippen molar-refractivity contribution in [2.24, 2.45) is 0 Å². The molecule has 1 aromatic heterocycles. The largest absolute Gasteiger partial charge is 0.345 e. The Bertz CT molecular complexity index is 817. The van der Waals surface area contributed by atoms with E-state index in [9.17, 15) is 9.59 Å². The molecule has 0 bridgehead atoms. The molecular formula is C21H23N3O2. The molecule has 26 heavy (non-hydrogen) atoms. The predicted octanol–water partition coefficient (Wildman–Crippen LogP) is 3.05. The summed E-state index contributed by atoms with van der Waals surface area (Å²) in [6.07, 6.45) is 6.42. The van der Waals surface area contributed by atoms with E-state index in [1.54, 1.807) is 29.2 Å². The fourth-order valence-corrected chi connectivity index (χ4v) is 3.19. The molecule has 1 aromatic carbocycles. The van der Waals surface area contributed by atoms with E-state index in [-0.39, 0.29) is 24.3 Å². The summed E-state index contributed by atoms with van der Waals surface area (Å²) in [6.45, 7) is 2.13. The zero-order valence-corrected chi connectivity index (χ0v) is 15.1. The third-order valence-corrected chi connectivity index (χ3v) is 4.69. The quantitative estimate of drug-likeness (QED) is 0.834. The average Bonchev–Trinajstić information content (AvgIpc) is 2.66. The minimum absolute atomic E-state index is 0.0160. The third-order valence-electron chi connectivity index (χ3n) is 4.69. The van der Waals surface area contributed by atoms with Gasteiger partial charge in [0.2, 0.25) is 11.8 Å². The smallest absolute Gasteiger partial charge is 0.224 e. The van der Waals surface area contributed by atoms with E-state index in [0.717, 1.165) is 16.8 Å². The lowest BCUT2D eigenvalue weighted by atomic mass is 9.93. The van der Waals surface area contributed by atoms with Crippen molar-refractivity contribution >= 4 is 17.9 Å². The fourth-order valence-electron chi connectivity index (χ4n) is 3.19. The topological polar surface area (TPSA) is 53.5 Å². The van der Waals surface area contributed by atoms with E-state index in [1.165, 1.54) is 6.92 Å². The number of fused-ring (bicyclic) bond motifs is 1. The first-order chi connectivity index (χ1) is 12.6. The molecule has 1 atom stereocenters. The highest BCUT2D eigenvalue weighted by Gasteiger charge is 2.29. The van der Waals surface area contributed by atoms with Crippen LogP contribution in [0, 0.1) is 0 Å². The van der Waals surface area contributed by atoms with E-state index in [0.29, 0.717) is 13.0 Å². The molecule has 1 aliphatic rings. The summed E-state index contributed by atoms with van der Waals surface area (Å²) in [5.74, 6) is -0.0491. The Hall–Kier alpha value is -2.95. The van der Waals surface area contributed by atoms with Gasteiger partial charge in [0.15, 0.2) is 0 Å². The van der Waals surface area contributed by atoms with Crippen molar-refractivity contribution < 1.29 is 9.59 Å². The van der Waals surface area contributed by atoms with Crippen LogP contribution in [0.1, 0.15) is 36.2 Å². The molecule has 0 radical (unpaired) electrons. The first kappa shape index (κ1) is 17.9. The highest BCUT2D eigenvalue weighted by atomic mass is 16.2. The van der Waals surface area contributed by atoms with Gasteiger partial charge in [-0.3, -0.25) is 14.6 Å². The van der Waals surface area contributed by atoms with Crippen molar-refractivity contribution in [3.8, 4) is 0 Å². The van der Waals surface area contributed by atoms with Gasteiger partial charge in [-0.2, -0.15) is 0 Å². The Labute approximate surface area is 154 Å². The maximum absolute atomic E-state index is 12.8. The van der Waals surface area contributed by atoms with Crippen LogP contribution in [0.2, 0.25) is 0 Å². The molecule has 0 spiro atoms. The van der Waals surface area contributed by atoms with Gasteiger partial charge in [0.05, 0.1) is 12.5 Å². The van der Waals surface area contributed by atoms with Gasteiger partial charge in [-0.1, -0.05) is 30.3 Å². The number of hydrogen-bond donors (Lipinski definition) is 0. The highest BCUT2D eigenvalue weighted by molar-refractivity contribution is 5.81. The van der Waals surface area contributed by atoms with Crippen molar-refractivity contribution in [1.82, 2.24) is 14.8 Å². The lowest BCUT2D eigenvalue weighted by Gasteiger charge is -2.33. The second kappa shape index (κ2) is 7.95. The van der Waals surface area contributed by atoms with Crippen LogP contribution in [0.15, 0.2) is 54.9 Å². The molecule has 0 saturated carbocycles. The van der Waals surface area contributed by atoms with Crippen LogP contribution in [-0.2, 0) is 16.0 Å². The van der Waals surface area contributed by atoms with Gasteiger partial charge >= 0.3 is 0 Å². The molecule has 5 heteroatoms. The molecule has 0 fully saturated rings. The number of pyridine rings is 1. The van der Waals surface area contributed by atoms with Gasteiger partial charge < -0.3 is 9.80 Å². The summed E-state index contributed by atoms with van der Waals surface area (Å²) in [7, 11) is 1.80. The molecule has 1 aliphatic heterocycles. The SMILES string of the molecule is CC(=O)N1C=Cc2ccccc2C1CC(=O)N(C)CCc1ccccn1. The highest BCUT2D eigenvalue weighted by Crippen LogP contribution is 2.33. The molecule has 2 amide bonds. The fraction of sp³-hybridized carbons (Fsp3) is 0.286. The molecule has 134 valence electrons.